The molecule has 1 aliphatic carbocycles. The van der Waals surface area contributed by atoms with E-state index in [-0.39, 0.29) is 11.8 Å². The van der Waals surface area contributed by atoms with Gasteiger partial charge in [0.1, 0.15) is 24.2 Å². The van der Waals surface area contributed by atoms with Gasteiger partial charge in [-0.3, -0.25) is 9.36 Å². The number of carbonyl (C=O) groups excluding carboxylic acids is 1. The van der Waals surface area contributed by atoms with Crippen LogP contribution >= 0.6 is 11.6 Å². The van der Waals surface area contributed by atoms with Crippen molar-refractivity contribution in [3.63, 3.8) is 0 Å². The van der Waals surface area contributed by atoms with Crippen LogP contribution in [0.2, 0.25) is 5.02 Å². The number of likely N-dealkylation sites (tertiary alicyclic amines) is 1. The molecule has 0 radical (unpaired) electrons. The summed E-state index contributed by atoms with van der Waals surface area (Å²) in [6.07, 6.45) is 10.3. The van der Waals surface area contributed by atoms with Crippen molar-refractivity contribution in [2.75, 3.05) is 13.1 Å². The minimum absolute atomic E-state index is 0.150. The number of halogens is 1. The summed E-state index contributed by atoms with van der Waals surface area (Å²) in [6.45, 7) is 1.85. The molecule has 1 amide bonds. The Morgan fingerprint density at radius 1 is 1.03 bits per heavy atom. The van der Waals surface area contributed by atoms with Crippen molar-refractivity contribution >= 4 is 17.5 Å². The van der Waals surface area contributed by atoms with Gasteiger partial charge >= 0.3 is 0 Å². The molecule has 0 unspecified atom stereocenters. The highest BCUT2D eigenvalue weighted by Crippen LogP contribution is 2.41. The first-order chi connectivity index (χ1) is 15.6. The van der Waals surface area contributed by atoms with Gasteiger partial charge in [-0.25, -0.2) is 0 Å². The molecule has 4 aliphatic rings. The lowest BCUT2D eigenvalue weighted by molar-refractivity contribution is -0.139. The zero-order valence-electron chi connectivity index (χ0n) is 18.0. The van der Waals surface area contributed by atoms with Crippen LogP contribution in [-0.2, 0) is 27.1 Å². The van der Waals surface area contributed by atoms with Gasteiger partial charge in [0.05, 0.1) is 18.5 Å². The first-order valence-electron chi connectivity index (χ1n) is 11.6. The highest BCUT2D eigenvalue weighted by Gasteiger charge is 2.43. The molecule has 0 bridgehead atoms. The van der Waals surface area contributed by atoms with Crippen molar-refractivity contribution < 1.29 is 14.3 Å². The SMILES string of the molecule is O=C(C1CCC(c2nnc3n2-c2ccc(Cl)cc2CC2(C3)OC=CO2)CC1)N1CCCC1. The minimum Gasteiger partial charge on any atom is -0.456 e. The summed E-state index contributed by atoms with van der Waals surface area (Å²) in [5, 5.41) is 9.89. The van der Waals surface area contributed by atoms with E-state index < -0.39 is 5.79 Å². The number of aromatic nitrogens is 3. The molecule has 1 saturated heterocycles. The highest BCUT2D eigenvalue weighted by atomic mass is 35.5. The minimum atomic E-state index is -0.808. The van der Waals surface area contributed by atoms with Crippen LogP contribution in [0.1, 0.15) is 61.7 Å². The summed E-state index contributed by atoms with van der Waals surface area (Å²) in [5.41, 5.74) is 2.09. The smallest absolute Gasteiger partial charge is 0.260 e. The largest absolute Gasteiger partial charge is 0.456 e. The van der Waals surface area contributed by atoms with Crippen molar-refractivity contribution in [1.29, 1.82) is 0 Å². The molecule has 3 aliphatic heterocycles. The van der Waals surface area contributed by atoms with Gasteiger partial charge < -0.3 is 14.4 Å². The van der Waals surface area contributed by atoms with Gasteiger partial charge in [-0.05, 0) is 62.3 Å². The Hall–Kier alpha value is -2.54. The van der Waals surface area contributed by atoms with Crippen LogP contribution < -0.4 is 0 Å². The molecular weight excluding hydrogens is 428 g/mol. The summed E-state index contributed by atoms with van der Waals surface area (Å²) in [7, 11) is 0. The topological polar surface area (TPSA) is 69.5 Å². The third-order valence-electron chi connectivity index (χ3n) is 7.41. The molecule has 1 saturated carbocycles. The number of hydrogen-bond donors (Lipinski definition) is 0. The number of fused-ring (bicyclic) bond motifs is 3. The van der Waals surface area contributed by atoms with Crippen molar-refractivity contribution in [3.8, 4) is 5.69 Å². The molecule has 4 heterocycles. The first-order valence-corrected chi connectivity index (χ1v) is 12.0. The Morgan fingerprint density at radius 3 is 2.53 bits per heavy atom. The van der Waals surface area contributed by atoms with Gasteiger partial charge in [0, 0.05) is 29.9 Å². The molecule has 0 atom stereocenters. The maximum Gasteiger partial charge on any atom is 0.260 e. The number of hydrogen-bond acceptors (Lipinski definition) is 5. The number of benzene rings is 1. The molecule has 168 valence electrons. The van der Waals surface area contributed by atoms with Crippen LogP contribution in [0.4, 0.5) is 0 Å². The second kappa shape index (κ2) is 7.80. The molecule has 1 aromatic heterocycles. The molecule has 2 aromatic rings. The van der Waals surface area contributed by atoms with E-state index in [0.29, 0.717) is 23.8 Å². The Morgan fingerprint density at radius 2 is 1.78 bits per heavy atom. The average Bonchev–Trinajstić information content (AvgIpc) is 3.55. The number of rotatable bonds is 2. The van der Waals surface area contributed by atoms with E-state index >= 15 is 0 Å². The fourth-order valence-corrected chi connectivity index (χ4v) is 5.97. The van der Waals surface area contributed by atoms with E-state index in [0.717, 1.165) is 74.5 Å². The molecule has 32 heavy (non-hydrogen) atoms. The normalized spacial score (nSPS) is 25.7. The third kappa shape index (κ3) is 3.38. The lowest BCUT2D eigenvalue weighted by Crippen LogP contribution is -2.35. The summed E-state index contributed by atoms with van der Waals surface area (Å²) in [5.74, 6) is 1.78. The fraction of sp³-hybridized carbons (Fsp3) is 0.542. The summed E-state index contributed by atoms with van der Waals surface area (Å²) in [6, 6.07) is 5.93. The second-order valence-electron chi connectivity index (χ2n) is 9.44. The van der Waals surface area contributed by atoms with E-state index in [1.165, 1.54) is 0 Å². The maximum absolute atomic E-state index is 12.9. The maximum atomic E-state index is 12.9. The third-order valence-corrected chi connectivity index (χ3v) is 7.64. The van der Waals surface area contributed by atoms with Crippen molar-refractivity contribution in [2.24, 2.45) is 5.92 Å². The Labute approximate surface area is 192 Å². The number of nitrogens with zero attached hydrogens (tertiary/aromatic N) is 4. The van der Waals surface area contributed by atoms with Crippen molar-refractivity contribution in [1.82, 2.24) is 19.7 Å². The Balaban J connectivity index is 1.29. The molecule has 1 aromatic carbocycles. The summed E-state index contributed by atoms with van der Waals surface area (Å²) >= 11 is 6.34. The monoisotopic (exact) mass is 454 g/mol. The summed E-state index contributed by atoms with van der Waals surface area (Å²) < 4.78 is 14.0. The average molecular weight is 455 g/mol. The first kappa shape index (κ1) is 20.1. The van der Waals surface area contributed by atoms with E-state index in [9.17, 15) is 4.79 Å². The molecule has 0 N–H and O–H groups in total. The van der Waals surface area contributed by atoms with Crippen LogP contribution in [0.15, 0.2) is 30.7 Å². The standard InChI is InChI=1S/C24H27ClN4O3/c25-19-7-8-20-18(13-19)14-24(31-11-12-32-24)15-21-26-27-22(29(20)21)16-3-5-17(6-4-16)23(30)28-9-1-2-10-28/h7-8,11-13,16-17H,1-6,9-10,14-15H2. The second-order valence-corrected chi connectivity index (χ2v) is 9.87. The number of ether oxygens (including phenoxy) is 2. The van der Waals surface area contributed by atoms with Crippen LogP contribution in [0.25, 0.3) is 5.69 Å². The van der Waals surface area contributed by atoms with E-state index in [1.807, 2.05) is 18.2 Å². The van der Waals surface area contributed by atoms with Crippen LogP contribution in [0.3, 0.4) is 0 Å². The molecular formula is C24H27ClN4O3. The zero-order valence-corrected chi connectivity index (χ0v) is 18.8. The zero-order chi connectivity index (χ0) is 21.7. The van der Waals surface area contributed by atoms with Gasteiger partial charge in [0.15, 0.2) is 0 Å². The lowest BCUT2D eigenvalue weighted by atomic mass is 9.81. The molecule has 1 spiro atoms. The predicted molar refractivity (Wildman–Crippen MR) is 118 cm³/mol. The van der Waals surface area contributed by atoms with Crippen LogP contribution in [0, 0.1) is 5.92 Å². The Bertz CT molecular complexity index is 1060. The van der Waals surface area contributed by atoms with Crippen molar-refractivity contribution in [2.45, 2.75) is 63.1 Å². The molecule has 2 fully saturated rings. The van der Waals surface area contributed by atoms with Crippen LogP contribution in [0.5, 0.6) is 0 Å². The number of amides is 1. The predicted octanol–water partition coefficient (Wildman–Crippen LogP) is 4.13. The fourth-order valence-electron chi connectivity index (χ4n) is 5.77. The van der Waals surface area contributed by atoms with Gasteiger partial charge in [-0.1, -0.05) is 11.6 Å². The Kier molecular flexibility index (Phi) is 4.90. The lowest BCUT2D eigenvalue weighted by Gasteiger charge is -2.30. The molecule has 7 nitrogen and oxygen atoms in total. The molecule has 8 heteroatoms. The van der Waals surface area contributed by atoms with Gasteiger partial charge in [0.25, 0.3) is 5.79 Å². The van der Waals surface area contributed by atoms with Gasteiger partial charge in [-0.2, -0.15) is 0 Å². The van der Waals surface area contributed by atoms with Gasteiger partial charge in [0.2, 0.25) is 5.91 Å². The highest BCUT2D eigenvalue weighted by molar-refractivity contribution is 6.30. The van der Waals surface area contributed by atoms with Gasteiger partial charge in [-0.15, -0.1) is 10.2 Å². The molecule has 6 rings (SSSR count). The summed E-state index contributed by atoms with van der Waals surface area (Å²) in [4.78, 5) is 14.9. The van der Waals surface area contributed by atoms with Crippen molar-refractivity contribution in [3.05, 3.63) is 53.0 Å². The van der Waals surface area contributed by atoms with E-state index in [1.54, 1.807) is 12.5 Å². The van der Waals surface area contributed by atoms with Crippen LogP contribution in [-0.4, -0.2) is 44.4 Å². The number of carbonyl (C=O) groups is 1. The quantitative estimate of drug-likeness (QED) is 0.682. The van der Waals surface area contributed by atoms with E-state index in [2.05, 4.69) is 19.7 Å². The van der Waals surface area contributed by atoms with E-state index in [4.69, 9.17) is 21.1 Å².